The van der Waals surface area contributed by atoms with Gasteiger partial charge >= 0.3 is 5.63 Å². The minimum absolute atomic E-state index is 0. The molecule has 0 saturated carbocycles. The summed E-state index contributed by atoms with van der Waals surface area (Å²) in [5, 5.41) is 4.25. The summed E-state index contributed by atoms with van der Waals surface area (Å²) in [6.45, 7) is 0. The maximum Gasteiger partial charge on any atom is 0.338 e. The molecule has 5 heteroatoms. The summed E-state index contributed by atoms with van der Waals surface area (Å²) in [6, 6.07) is 13.2. The third-order valence-electron chi connectivity index (χ3n) is 4.43. The average molecular weight is 343 g/mol. The van der Waals surface area contributed by atoms with E-state index in [9.17, 15) is 4.79 Å². The number of nitrogen functional groups attached to an aromatic ring is 1. The second-order valence-corrected chi connectivity index (χ2v) is 6.01. The van der Waals surface area contributed by atoms with Crippen molar-refractivity contribution in [2.75, 3.05) is 11.1 Å². The minimum atomic E-state index is -0.325. The van der Waals surface area contributed by atoms with Crippen LogP contribution in [-0.4, -0.2) is 0 Å². The highest BCUT2D eigenvalue weighted by molar-refractivity contribution is 5.94. The van der Waals surface area contributed by atoms with Crippen LogP contribution < -0.4 is 16.7 Å². The van der Waals surface area contributed by atoms with Crippen molar-refractivity contribution in [3.63, 3.8) is 0 Å². The molecule has 0 radical (unpaired) electrons. The summed E-state index contributed by atoms with van der Waals surface area (Å²) in [5.41, 5.74) is 11.0. The molecule has 0 spiro atoms. The summed E-state index contributed by atoms with van der Waals surface area (Å²) in [5.74, 6) is 0. The van der Waals surface area contributed by atoms with Crippen molar-refractivity contribution >= 4 is 40.4 Å². The standard InChI is InChI=1S/C19H18N2O2.ClH/c20-13-6-8-14(9-7-13)21-17-11-18(22)23-19-15-4-2-1-3-12(15)5-10-16(17)19;/h5-11,21H,1-4,20H2;1H. The summed E-state index contributed by atoms with van der Waals surface area (Å²) in [4.78, 5) is 12.0. The maximum absolute atomic E-state index is 12.0. The van der Waals surface area contributed by atoms with E-state index in [0.717, 1.165) is 41.6 Å². The van der Waals surface area contributed by atoms with Crippen molar-refractivity contribution in [2.24, 2.45) is 0 Å². The molecule has 0 unspecified atom stereocenters. The van der Waals surface area contributed by atoms with Crippen molar-refractivity contribution in [3.8, 4) is 0 Å². The molecule has 0 fully saturated rings. The monoisotopic (exact) mass is 342 g/mol. The largest absolute Gasteiger partial charge is 0.422 e. The van der Waals surface area contributed by atoms with Crippen LogP contribution in [0.1, 0.15) is 24.0 Å². The molecule has 3 N–H and O–H groups in total. The average Bonchev–Trinajstić information content (AvgIpc) is 2.57. The van der Waals surface area contributed by atoms with E-state index in [-0.39, 0.29) is 18.0 Å². The number of hydrogen-bond acceptors (Lipinski definition) is 4. The third-order valence-corrected chi connectivity index (χ3v) is 4.43. The first-order chi connectivity index (χ1) is 11.2. The van der Waals surface area contributed by atoms with Gasteiger partial charge in [0.05, 0.1) is 5.69 Å². The smallest absolute Gasteiger partial charge is 0.338 e. The van der Waals surface area contributed by atoms with Crippen LogP contribution in [0.2, 0.25) is 0 Å². The van der Waals surface area contributed by atoms with E-state index in [1.807, 2.05) is 30.3 Å². The van der Waals surface area contributed by atoms with Crippen LogP contribution in [0.4, 0.5) is 17.1 Å². The summed E-state index contributed by atoms with van der Waals surface area (Å²) < 4.78 is 5.54. The quantitative estimate of drug-likeness (QED) is 0.534. The summed E-state index contributed by atoms with van der Waals surface area (Å²) in [6.07, 6.45) is 4.38. The molecule has 0 aliphatic heterocycles. The highest BCUT2D eigenvalue weighted by Gasteiger charge is 2.16. The lowest BCUT2D eigenvalue weighted by Crippen LogP contribution is -2.07. The van der Waals surface area contributed by atoms with Crippen LogP contribution >= 0.6 is 12.4 Å². The Bertz CT molecular complexity index is 932. The minimum Gasteiger partial charge on any atom is -0.422 e. The lowest BCUT2D eigenvalue weighted by atomic mass is 9.90. The van der Waals surface area contributed by atoms with Crippen LogP contribution in [-0.2, 0) is 12.8 Å². The van der Waals surface area contributed by atoms with E-state index < -0.39 is 0 Å². The number of rotatable bonds is 2. The molecule has 3 aromatic rings. The van der Waals surface area contributed by atoms with E-state index in [4.69, 9.17) is 10.2 Å². The van der Waals surface area contributed by atoms with E-state index in [1.54, 1.807) is 0 Å². The summed E-state index contributed by atoms with van der Waals surface area (Å²) in [7, 11) is 0. The van der Waals surface area contributed by atoms with Crippen LogP contribution in [0.25, 0.3) is 11.0 Å². The molecule has 2 aromatic carbocycles. The normalized spacial score (nSPS) is 13.2. The Morgan fingerprint density at radius 2 is 1.75 bits per heavy atom. The number of benzene rings is 2. The van der Waals surface area contributed by atoms with Gasteiger partial charge in [-0.15, -0.1) is 12.4 Å². The topological polar surface area (TPSA) is 68.3 Å². The Labute approximate surface area is 146 Å². The molecule has 124 valence electrons. The van der Waals surface area contributed by atoms with Gasteiger partial charge in [0.15, 0.2) is 0 Å². The predicted octanol–water partition coefficient (Wildman–Crippen LogP) is 4.42. The second kappa shape index (κ2) is 6.57. The predicted molar refractivity (Wildman–Crippen MR) is 101 cm³/mol. The number of hydrogen-bond donors (Lipinski definition) is 2. The Morgan fingerprint density at radius 1 is 1.00 bits per heavy atom. The lowest BCUT2D eigenvalue weighted by Gasteiger charge is -2.18. The van der Waals surface area contributed by atoms with Gasteiger partial charge in [-0.1, -0.05) is 6.07 Å². The zero-order valence-corrected chi connectivity index (χ0v) is 14.0. The van der Waals surface area contributed by atoms with Gasteiger partial charge in [0, 0.05) is 22.8 Å². The molecule has 24 heavy (non-hydrogen) atoms. The van der Waals surface area contributed by atoms with Crippen molar-refractivity contribution < 1.29 is 4.42 Å². The number of anilines is 3. The van der Waals surface area contributed by atoms with Crippen molar-refractivity contribution in [3.05, 3.63) is 64.0 Å². The van der Waals surface area contributed by atoms with Crippen LogP contribution in [0.3, 0.4) is 0 Å². The molecule has 1 aliphatic rings. The molecule has 0 saturated heterocycles. The van der Waals surface area contributed by atoms with Crippen molar-refractivity contribution in [1.82, 2.24) is 0 Å². The Hall–Kier alpha value is -2.46. The maximum atomic E-state index is 12.0. The molecule has 1 aromatic heterocycles. The highest BCUT2D eigenvalue weighted by Crippen LogP contribution is 2.32. The molecular formula is C19H19ClN2O2. The van der Waals surface area contributed by atoms with Crippen LogP contribution in [0.5, 0.6) is 0 Å². The molecule has 0 bridgehead atoms. The van der Waals surface area contributed by atoms with Gasteiger partial charge < -0.3 is 15.5 Å². The van der Waals surface area contributed by atoms with E-state index in [0.29, 0.717) is 5.69 Å². The van der Waals surface area contributed by atoms with Gasteiger partial charge in [-0.2, -0.15) is 0 Å². The van der Waals surface area contributed by atoms with Crippen LogP contribution in [0, 0.1) is 0 Å². The number of halogens is 1. The fourth-order valence-corrected chi connectivity index (χ4v) is 3.27. The zero-order valence-electron chi connectivity index (χ0n) is 13.2. The van der Waals surface area contributed by atoms with Gasteiger partial charge in [0.25, 0.3) is 0 Å². The van der Waals surface area contributed by atoms with E-state index in [1.165, 1.54) is 23.6 Å². The van der Waals surface area contributed by atoms with Gasteiger partial charge in [0.1, 0.15) is 5.58 Å². The Kier molecular flexibility index (Phi) is 4.49. The Morgan fingerprint density at radius 3 is 2.54 bits per heavy atom. The first-order valence-electron chi connectivity index (χ1n) is 7.92. The van der Waals surface area contributed by atoms with E-state index in [2.05, 4.69) is 11.4 Å². The van der Waals surface area contributed by atoms with Crippen LogP contribution in [0.15, 0.2) is 51.7 Å². The third kappa shape index (κ3) is 2.97. The first-order valence-corrected chi connectivity index (χ1v) is 7.92. The molecule has 1 heterocycles. The molecule has 0 amide bonds. The second-order valence-electron chi connectivity index (χ2n) is 6.01. The van der Waals surface area contributed by atoms with Crippen molar-refractivity contribution in [1.29, 1.82) is 0 Å². The summed E-state index contributed by atoms with van der Waals surface area (Å²) >= 11 is 0. The van der Waals surface area contributed by atoms with Gasteiger partial charge in [0.2, 0.25) is 0 Å². The number of fused-ring (bicyclic) bond motifs is 3. The SMILES string of the molecule is Cl.Nc1ccc(Nc2cc(=O)oc3c4c(ccc23)CCCC4)cc1. The Balaban J connectivity index is 0.00000169. The fourth-order valence-electron chi connectivity index (χ4n) is 3.27. The fraction of sp³-hybridized carbons (Fsp3) is 0.211. The van der Waals surface area contributed by atoms with Gasteiger partial charge in [-0.3, -0.25) is 0 Å². The molecule has 0 atom stereocenters. The van der Waals surface area contributed by atoms with Gasteiger partial charge in [-0.05, 0) is 67.1 Å². The van der Waals surface area contributed by atoms with Crippen molar-refractivity contribution in [2.45, 2.75) is 25.7 Å². The first kappa shape index (κ1) is 16.4. The lowest BCUT2D eigenvalue weighted by molar-refractivity contribution is 0.551. The number of nitrogens with one attached hydrogen (secondary N) is 1. The zero-order chi connectivity index (χ0) is 15.8. The molecule has 1 aliphatic carbocycles. The number of nitrogens with two attached hydrogens (primary N) is 1. The number of aryl methyl sites for hydroxylation is 2. The van der Waals surface area contributed by atoms with E-state index >= 15 is 0 Å². The molecular weight excluding hydrogens is 324 g/mol. The van der Waals surface area contributed by atoms with Gasteiger partial charge in [-0.25, -0.2) is 4.79 Å². The molecule has 4 nitrogen and oxygen atoms in total. The molecule has 4 rings (SSSR count). The highest BCUT2D eigenvalue weighted by atomic mass is 35.5.